The Labute approximate surface area is 263 Å². The maximum Gasteiger partial charge on any atom is 0.264 e. The van der Waals surface area contributed by atoms with Crippen LogP contribution in [0.1, 0.15) is 96.3 Å². The van der Waals surface area contributed by atoms with Crippen molar-refractivity contribution >= 4 is 52.2 Å². The Morgan fingerprint density at radius 2 is 1.82 bits per heavy atom. The summed E-state index contributed by atoms with van der Waals surface area (Å²) in [5.41, 5.74) is 5.81. The molecule has 0 radical (unpaired) electrons. The van der Waals surface area contributed by atoms with Crippen LogP contribution in [-0.2, 0) is 27.2 Å². The molecule has 2 aliphatic heterocycles. The van der Waals surface area contributed by atoms with E-state index in [1.54, 1.807) is 18.2 Å². The van der Waals surface area contributed by atoms with Crippen molar-refractivity contribution in [1.29, 1.82) is 0 Å². The highest BCUT2D eigenvalue weighted by Crippen LogP contribution is 2.32. The Morgan fingerprint density at radius 3 is 2.58 bits per heavy atom. The van der Waals surface area contributed by atoms with Gasteiger partial charge in [-0.2, -0.15) is 0 Å². The van der Waals surface area contributed by atoms with E-state index in [2.05, 4.69) is 52.1 Å². The third kappa shape index (κ3) is 7.00. The van der Waals surface area contributed by atoms with E-state index >= 15 is 0 Å². The topological polar surface area (TPSA) is 140 Å². The molecule has 2 aromatic carbocycles. The number of anilines is 1. The summed E-state index contributed by atoms with van der Waals surface area (Å²) in [6, 6.07) is 10.5. The van der Waals surface area contributed by atoms with Crippen LogP contribution < -0.4 is 16.0 Å². The Balaban J connectivity index is 1.00. The Hall–Kier alpha value is -4.73. The number of carbonyl (C=O) groups is 5. The molecule has 0 spiro atoms. The van der Waals surface area contributed by atoms with Gasteiger partial charge in [-0.15, -0.1) is 0 Å². The predicted octanol–water partition coefficient (Wildman–Crippen LogP) is 4.89. The average molecular weight is 612 g/mol. The van der Waals surface area contributed by atoms with Gasteiger partial charge in [-0.1, -0.05) is 44.0 Å². The van der Waals surface area contributed by atoms with Gasteiger partial charge in [0.15, 0.2) is 0 Å². The average Bonchev–Trinajstić information content (AvgIpc) is 3.50. The standard InChI is InChI=1S/C35H41N5O5/c1-3-10-26-23(4-2)24-15-13-22(21-28(24)38-26)14-17-30(41)37-20-8-6-5-7-19-36-27-12-9-11-25-32(27)35(45)40(34(25)44)29-16-18-31(42)39-33(29)43/h3,9-13,15,21,29,36,38H,4-8,14,16-20H2,1-2H3,(H,37,41)(H,39,42,43)/b10-3-. The van der Waals surface area contributed by atoms with Crippen LogP contribution in [0, 0.1) is 0 Å². The molecule has 1 atom stereocenters. The van der Waals surface area contributed by atoms with E-state index in [1.807, 2.05) is 13.0 Å². The predicted molar refractivity (Wildman–Crippen MR) is 174 cm³/mol. The monoisotopic (exact) mass is 611 g/mol. The largest absolute Gasteiger partial charge is 0.384 e. The van der Waals surface area contributed by atoms with Crippen molar-refractivity contribution in [3.63, 3.8) is 0 Å². The normalized spacial score (nSPS) is 16.5. The van der Waals surface area contributed by atoms with Crippen LogP contribution in [0.25, 0.3) is 17.0 Å². The number of nitrogens with one attached hydrogen (secondary N) is 4. The number of rotatable bonds is 14. The van der Waals surface area contributed by atoms with Gasteiger partial charge < -0.3 is 15.6 Å². The molecule has 1 fully saturated rings. The van der Waals surface area contributed by atoms with E-state index in [0.29, 0.717) is 31.6 Å². The second kappa shape index (κ2) is 14.4. The van der Waals surface area contributed by atoms with Gasteiger partial charge in [-0.25, -0.2) is 0 Å². The molecule has 0 aliphatic carbocycles. The third-order valence-electron chi connectivity index (χ3n) is 8.54. The fourth-order valence-electron chi connectivity index (χ4n) is 6.23. The zero-order chi connectivity index (χ0) is 31.9. The maximum absolute atomic E-state index is 13.2. The summed E-state index contributed by atoms with van der Waals surface area (Å²) < 4.78 is 0. The number of hydrogen-bond donors (Lipinski definition) is 4. The zero-order valence-electron chi connectivity index (χ0n) is 26.0. The van der Waals surface area contributed by atoms with Crippen LogP contribution in [0.2, 0.25) is 0 Å². The quantitative estimate of drug-likeness (QED) is 0.151. The highest BCUT2D eigenvalue weighted by atomic mass is 16.2. The van der Waals surface area contributed by atoms with Crippen LogP contribution in [0.5, 0.6) is 0 Å². The van der Waals surface area contributed by atoms with E-state index in [0.717, 1.165) is 53.8 Å². The number of nitrogens with zero attached hydrogens (tertiary/aromatic N) is 1. The van der Waals surface area contributed by atoms with Gasteiger partial charge in [0.2, 0.25) is 17.7 Å². The lowest BCUT2D eigenvalue weighted by molar-refractivity contribution is -0.136. The number of allylic oxidation sites excluding steroid dienone is 1. The SMILES string of the molecule is C/C=C\c1[nH]c2cc(CCC(=O)NCCCCCCNc3cccc4c3C(=O)N(C3CCC(=O)NC3=O)C4=O)ccc2c1CC. The summed E-state index contributed by atoms with van der Waals surface area (Å²) in [6.07, 6.45) is 10.1. The number of H-pyrrole nitrogens is 1. The van der Waals surface area contributed by atoms with Crippen molar-refractivity contribution in [2.45, 2.75) is 77.7 Å². The zero-order valence-corrected chi connectivity index (χ0v) is 26.0. The first kappa shape index (κ1) is 31.7. The van der Waals surface area contributed by atoms with Crippen molar-refractivity contribution in [2.75, 3.05) is 18.4 Å². The summed E-state index contributed by atoms with van der Waals surface area (Å²) in [5, 5.41) is 9.76. The number of hydrogen-bond acceptors (Lipinski definition) is 6. The molecular formula is C35H41N5O5. The van der Waals surface area contributed by atoms with Gasteiger partial charge in [0, 0.05) is 48.2 Å². The first-order chi connectivity index (χ1) is 21.8. The minimum absolute atomic E-state index is 0.0515. The molecule has 1 unspecified atom stereocenters. The van der Waals surface area contributed by atoms with Crippen molar-refractivity contribution in [3.8, 4) is 0 Å². The fourth-order valence-corrected chi connectivity index (χ4v) is 6.23. The molecule has 3 aromatic rings. The maximum atomic E-state index is 13.2. The summed E-state index contributed by atoms with van der Waals surface area (Å²) in [4.78, 5) is 67.0. The minimum Gasteiger partial charge on any atom is -0.384 e. The lowest BCUT2D eigenvalue weighted by atomic mass is 10.0. The first-order valence-electron chi connectivity index (χ1n) is 15.9. The molecule has 4 N–H and O–H groups in total. The summed E-state index contributed by atoms with van der Waals surface area (Å²) in [5.74, 6) is -2.00. The van der Waals surface area contributed by atoms with E-state index in [1.165, 1.54) is 10.9 Å². The molecule has 5 rings (SSSR count). The molecule has 10 nitrogen and oxygen atoms in total. The van der Waals surface area contributed by atoms with Crippen LogP contribution in [0.4, 0.5) is 5.69 Å². The smallest absolute Gasteiger partial charge is 0.264 e. The molecular weight excluding hydrogens is 570 g/mol. The molecule has 5 amide bonds. The van der Waals surface area contributed by atoms with Crippen molar-refractivity contribution in [2.24, 2.45) is 0 Å². The molecule has 3 heterocycles. The van der Waals surface area contributed by atoms with Gasteiger partial charge in [0.1, 0.15) is 6.04 Å². The number of aryl methyl sites for hydroxylation is 2. The number of imide groups is 2. The number of amides is 5. The molecule has 2 aliphatic rings. The highest BCUT2D eigenvalue weighted by Gasteiger charge is 2.45. The van der Waals surface area contributed by atoms with Crippen LogP contribution in [0.3, 0.4) is 0 Å². The molecule has 236 valence electrons. The van der Waals surface area contributed by atoms with E-state index in [9.17, 15) is 24.0 Å². The lowest BCUT2D eigenvalue weighted by Gasteiger charge is -2.27. The minimum atomic E-state index is -0.983. The van der Waals surface area contributed by atoms with Crippen molar-refractivity contribution in [3.05, 3.63) is 70.4 Å². The Kier molecular flexibility index (Phi) is 10.1. The molecule has 0 saturated carbocycles. The molecule has 10 heteroatoms. The van der Waals surface area contributed by atoms with Gasteiger partial charge in [0.05, 0.1) is 11.1 Å². The number of aromatic amines is 1. The van der Waals surface area contributed by atoms with Gasteiger partial charge in [-0.05, 0) is 74.4 Å². The second-order valence-corrected chi connectivity index (χ2v) is 11.6. The molecule has 0 bridgehead atoms. The number of fused-ring (bicyclic) bond motifs is 2. The van der Waals surface area contributed by atoms with Gasteiger partial charge in [0.25, 0.3) is 11.8 Å². The summed E-state index contributed by atoms with van der Waals surface area (Å²) in [7, 11) is 0. The number of carbonyl (C=O) groups excluding carboxylic acids is 5. The first-order valence-corrected chi connectivity index (χ1v) is 15.9. The summed E-state index contributed by atoms with van der Waals surface area (Å²) in [6.45, 7) is 5.42. The van der Waals surface area contributed by atoms with Crippen molar-refractivity contribution in [1.82, 2.24) is 20.5 Å². The number of aromatic nitrogens is 1. The molecule has 1 saturated heterocycles. The number of piperidine rings is 1. The number of benzene rings is 2. The van der Waals surface area contributed by atoms with Gasteiger partial charge in [-0.3, -0.25) is 34.2 Å². The molecule has 45 heavy (non-hydrogen) atoms. The Morgan fingerprint density at radius 1 is 1.02 bits per heavy atom. The lowest BCUT2D eigenvalue weighted by Crippen LogP contribution is -2.54. The van der Waals surface area contributed by atoms with Crippen LogP contribution in [0.15, 0.2) is 42.5 Å². The summed E-state index contributed by atoms with van der Waals surface area (Å²) >= 11 is 0. The molecule has 1 aromatic heterocycles. The van der Waals surface area contributed by atoms with Gasteiger partial charge >= 0.3 is 0 Å². The van der Waals surface area contributed by atoms with Crippen molar-refractivity contribution < 1.29 is 24.0 Å². The third-order valence-corrected chi connectivity index (χ3v) is 8.54. The fraction of sp³-hybridized carbons (Fsp3) is 0.400. The van der Waals surface area contributed by atoms with E-state index in [4.69, 9.17) is 0 Å². The van der Waals surface area contributed by atoms with E-state index in [-0.39, 0.29) is 29.9 Å². The Bertz CT molecular complexity index is 1660. The second-order valence-electron chi connectivity index (χ2n) is 11.6. The highest BCUT2D eigenvalue weighted by molar-refractivity contribution is 6.25. The van der Waals surface area contributed by atoms with E-state index < -0.39 is 29.7 Å². The number of unbranched alkanes of at least 4 members (excludes halogenated alkanes) is 3. The van der Waals surface area contributed by atoms with Crippen LogP contribution >= 0.6 is 0 Å². The van der Waals surface area contributed by atoms with Crippen LogP contribution in [-0.4, -0.2) is 58.6 Å².